The van der Waals surface area contributed by atoms with E-state index >= 15 is 0 Å². The predicted octanol–water partition coefficient (Wildman–Crippen LogP) is 4.01. The fourth-order valence-corrected chi connectivity index (χ4v) is 2.46. The standard InChI is InChI=1S/C19H14ClN5O2/c1-27-17-7-6-14(20)8-16(17)24-18(26)13-10-22-19(23-11-13)25-15-5-3-2-4-12(15)9-21/h2-8,10-11H,1H3,(H,24,26)(H,22,23,25). The monoisotopic (exact) mass is 379 g/mol. The van der Waals surface area contributed by atoms with Crippen molar-refractivity contribution in [1.82, 2.24) is 9.97 Å². The maximum atomic E-state index is 12.4. The molecule has 0 aliphatic carbocycles. The molecule has 134 valence electrons. The van der Waals surface area contributed by atoms with Crippen LogP contribution in [0.5, 0.6) is 5.75 Å². The van der Waals surface area contributed by atoms with E-state index in [4.69, 9.17) is 21.6 Å². The maximum absolute atomic E-state index is 12.4. The Morgan fingerprint density at radius 2 is 1.89 bits per heavy atom. The minimum atomic E-state index is -0.403. The number of aromatic nitrogens is 2. The van der Waals surface area contributed by atoms with Crippen molar-refractivity contribution in [2.45, 2.75) is 0 Å². The lowest BCUT2D eigenvalue weighted by molar-refractivity contribution is 0.102. The number of nitrogens with zero attached hydrogens (tertiary/aromatic N) is 3. The summed E-state index contributed by atoms with van der Waals surface area (Å²) in [5.41, 5.74) is 1.76. The second-order valence-electron chi connectivity index (χ2n) is 5.38. The number of para-hydroxylation sites is 1. The van der Waals surface area contributed by atoms with Crippen LogP contribution in [0.4, 0.5) is 17.3 Å². The number of anilines is 3. The first-order chi connectivity index (χ1) is 13.1. The van der Waals surface area contributed by atoms with Crippen LogP contribution in [0.1, 0.15) is 15.9 Å². The second kappa shape index (κ2) is 8.17. The quantitative estimate of drug-likeness (QED) is 0.694. The summed E-state index contributed by atoms with van der Waals surface area (Å²) < 4.78 is 5.20. The Morgan fingerprint density at radius 3 is 2.59 bits per heavy atom. The van der Waals surface area contributed by atoms with Crippen molar-refractivity contribution < 1.29 is 9.53 Å². The van der Waals surface area contributed by atoms with Crippen LogP contribution in [0.25, 0.3) is 0 Å². The zero-order chi connectivity index (χ0) is 19.2. The number of amides is 1. The van der Waals surface area contributed by atoms with E-state index in [1.807, 2.05) is 0 Å². The van der Waals surface area contributed by atoms with Crippen LogP contribution >= 0.6 is 11.6 Å². The largest absolute Gasteiger partial charge is 0.495 e. The number of carbonyl (C=O) groups excluding carboxylic acids is 1. The van der Waals surface area contributed by atoms with Crippen LogP contribution in [0, 0.1) is 11.3 Å². The van der Waals surface area contributed by atoms with Crippen LogP contribution in [0.15, 0.2) is 54.9 Å². The van der Waals surface area contributed by atoms with Gasteiger partial charge in [0.05, 0.1) is 29.6 Å². The SMILES string of the molecule is COc1ccc(Cl)cc1NC(=O)c1cnc(Nc2ccccc2C#N)nc1. The van der Waals surface area contributed by atoms with E-state index in [2.05, 4.69) is 26.7 Å². The highest BCUT2D eigenvalue weighted by Gasteiger charge is 2.12. The number of ether oxygens (including phenoxy) is 1. The van der Waals surface area contributed by atoms with E-state index in [0.717, 1.165) is 0 Å². The van der Waals surface area contributed by atoms with Gasteiger partial charge >= 0.3 is 0 Å². The first-order valence-corrected chi connectivity index (χ1v) is 8.21. The number of hydrogen-bond acceptors (Lipinski definition) is 6. The van der Waals surface area contributed by atoms with Crippen LogP contribution in [-0.4, -0.2) is 23.0 Å². The van der Waals surface area contributed by atoms with E-state index in [1.54, 1.807) is 42.5 Å². The lowest BCUT2D eigenvalue weighted by Crippen LogP contribution is -2.14. The van der Waals surface area contributed by atoms with Crippen molar-refractivity contribution in [1.29, 1.82) is 5.26 Å². The van der Waals surface area contributed by atoms with Crippen molar-refractivity contribution in [3.63, 3.8) is 0 Å². The van der Waals surface area contributed by atoms with Gasteiger partial charge in [0.1, 0.15) is 11.8 Å². The molecule has 7 nitrogen and oxygen atoms in total. The Morgan fingerprint density at radius 1 is 1.15 bits per heavy atom. The second-order valence-corrected chi connectivity index (χ2v) is 5.81. The summed E-state index contributed by atoms with van der Waals surface area (Å²) in [5.74, 6) is 0.356. The fraction of sp³-hybridized carbons (Fsp3) is 0.0526. The molecule has 1 aromatic heterocycles. The van der Waals surface area contributed by atoms with Crippen LogP contribution in [-0.2, 0) is 0 Å². The Kier molecular flexibility index (Phi) is 5.50. The summed E-state index contributed by atoms with van der Waals surface area (Å²) in [6, 6.07) is 14.0. The summed E-state index contributed by atoms with van der Waals surface area (Å²) in [6.07, 6.45) is 2.77. The van der Waals surface area contributed by atoms with E-state index in [0.29, 0.717) is 27.7 Å². The van der Waals surface area contributed by atoms with Gasteiger partial charge in [0, 0.05) is 17.4 Å². The number of rotatable bonds is 5. The molecule has 3 rings (SSSR count). The van der Waals surface area contributed by atoms with Gasteiger partial charge < -0.3 is 15.4 Å². The number of halogens is 1. The van der Waals surface area contributed by atoms with Crippen molar-refractivity contribution in [3.05, 3.63) is 71.0 Å². The molecular formula is C19H14ClN5O2. The summed E-state index contributed by atoms with van der Waals surface area (Å²) in [5, 5.41) is 15.2. The van der Waals surface area contributed by atoms with Gasteiger partial charge in [-0.2, -0.15) is 5.26 Å². The van der Waals surface area contributed by atoms with Crippen LogP contribution in [0.3, 0.4) is 0 Å². The normalized spacial score (nSPS) is 9.96. The molecule has 0 saturated carbocycles. The van der Waals surface area contributed by atoms with Gasteiger partial charge in [-0.3, -0.25) is 4.79 Å². The molecule has 0 aliphatic rings. The molecule has 0 fully saturated rings. The van der Waals surface area contributed by atoms with Gasteiger partial charge in [-0.1, -0.05) is 23.7 Å². The Labute approximate surface area is 160 Å². The topological polar surface area (TPSA) is 99.9 Å². The van der Waals surface area contributed by atoms with Crippen LogP contribution < -0.4 is 15.4 Å². The lowest BCUT2D eigenvalue weighted by atomic mass is 10.2. The van der Waals surface area contributed by atoms with E-state index in [9.17, 15) is 4.79 Å². The third-order valence-corrected chi connectivity index (χ3v) is 3.85. The molecule has 1 heterocycles. The third-order valence-electron chi connectivity index (χ3n) is 3.62. The molecule has 1 amide bonds. The third kappa shape index (κ3) is 4.32. The summed E-state index contributed by atoms with van der Waals surface area (Å²) in [4.78, 5) is 20.7. The molecule has 0 saturated heterocycles. The minimum Gasteiger partial charge on any atom is -0.495 e. The number of carbonyl (C=O) groups is 1. The summed E-state index contributed by atoms with van der Waals surface area (Å²) >= 11 is 5.96. The molecule has 0 bridgehead atoms. The van der Waals surface area contributed by atoms with E-state index in [1.165, 1.54) is 19.5 Å². The number of benzene rings is 2. The smallest absolute Gasteiger partial charge is 0.258 e. The predicted molar refractivity (Wildman–Crippen MR) is 102 cm³/mol. The van der Waals surface area contributed by atoms with Gasteiger partial charge in [0.2, 0.25) is 5.95 Å². The maximum Gasteiger partial charge on any atom is 0.258 e. The molecule has 3 aromatic rings. The number of nitriles is 1. The van der Waals surface area contributed by atoms with Gasteiger partial charge in [0.25, 0.3) is 5.91 Å². The summed E-state index contributed by atoms with van der Waals surface area (Å²) in [6.45, 7) is 0. The van der Waals surface area contributed by atoms with Gasteiger partial charge in [-0.15, -0.1) is 0 Å². The molecule has 2 N–H and O–H groups in total. The van der Waals surface area contributed by atoms with E-state index in [-0.39, 0.29) is 11.5 Å². The average molecular weight is 380 g/mol. The first-order valence-electron chi connectivity index (χ1n) is 7.84. The zero-order valence-electron chi connectivity index (χ0n) is 14.2. The molecule has 2 aromatic carbocycles. The highest BCUT2D eigenvalue weighted by Crippen LogP contribution is 2.28. The Hall–Kier alpha value is -3.63. The lowest BCUT2D eigenvalue weighted by Gasteiger charge is -2.11. The molecule has 0 spiro atoms. The summed E-state index contributed by atoms with van der Waals surface area (Å²) in [7, 11) is 1.50. The zero-order valence-corrected chi connectivity index (χ0v) is 15.0. The Bertz CT molecular complexity index is 1020. The van der Waals surface area contributed by atoms with E-state index < -0.39 is 5.91 Å². The molecule has 0 unspecified atom stereocenters. The highest BCUT2D eigenvalue weighted by molar-refractivity contribution is 6.31. The molecular weight excluding hydrogens is 366 g/mol. The van der Waals surface area contributed by atoms with Crippen LogP contribution in [0.2, 0.25) is 5.02 Å². The number of methoxy groups -OCH3 is 1. The van der Waals surface area contributed by atoms with Crippen molar-refractivity contribution in [3.8, 4) is 11.8 Å². The fourth-order valence-electron chi connectivity index (χ4n) is 2.29. The molecule has 27 heavy (non-hydrogen) atoms. The van der Waals surface area contributed by atoms with Gasteiger partial charge in [-0.25, -0.2) is 9.97 Å². The van der Waals surface area contributed by atoms with Crippen molar-refractivity contribution in [2.75, 3.05) is 17.7 Å². The molecule has 0 radical (unpaired) electrons. The van der Waals surface area contributed by atoms with Gasteiger partial charge in [0.15, 0.2) is 0 Å². The molecule has 0 atom stereocenters. The van der Waals surface area contributed by atoms with Gasteiger partial charge in [-0.05, 0) is 30.3 Å². The molecule has 8 heteroatoms. The minimum absolute atomic E-state index is 0.260. The highest BCUT2D eigenvalue weighted by atomic mass is 35.5. The number of hydrogen-bond donors (Lipinski definition) is 2. The first kappa shape index (κ1) is 18.2. The molecule has 0 aliphatic heterocycles. The number of nitrogens with one attached hydrogen (secondary N) is 2. The van der Waals surface area contributed by atoms with Crippen molar-refractivity contribution >= 4 is 34.8 Å². The Balaban J connectivity index is 1.75. The van der Waals surface area contributed by atoms with Crippen molar-refractivity contribution in [2.24, 2.45) is 0 Å². The average Bonchev–Trinajstić information content (AvgIpc) is 2.69.